The second-order valence-corrected chi connectivity index (χ2v) is 4.57. The molecule has 0 radical (unpaired) electrons. The number of nitrogen functional groups attached to an aromatic ring is 1. The summed E-state index contributed by atoms with van der Waals surface area (Å²) in [5.41, 5.74) is 11.1. The van der Waals surface area contributed by atoms with Gasteiger partial charge in [0.05, 0.1) is 17.4 Å². The lowest BCUT2D eigenvalue weighted by atomic mass is 10.2. The van der Waals surface area contributed by atoms with Crippen LogP contribution in [0.4, 0.5) is 10.1 Å². The zero-order valence-corrected chi connectivity index (χ0v) is 10.1. The molecule has 0 atom stereocenters. The molecule has 2 rings (SSSR count). The lowest BCUT2D eigenvalue weighted by Gasteiger charge is -2.05. The molecule has 4 N–H and O–H groups in total. The predicted molar refractivity (Wildman–Crippen MR) is 67.7 cm³/mol. The molecule has 1 amide bonds. The van der Waals surface area contributed by atoms with Crippen LogP contribution in [-0.4, -0.2) is 10.9 Å². The lowest BCUT2D eigenvalue weighted by molar-refractivity contribution is 0.100. The maximum atomic E-state index is 13.4. The number of carbonyl (C=O) groups is 1. The number of rotatable bonds is 3. The Morgan fingerprint density at radius 1 is 1.33 bits per heavy atom. The molecule has 92 valence electrons. The molecule has 0 bridgehead atoms. The quantitative estimate of drug-likeness (QED) is 0.888. The summed E-state index contributed by atoms with van der Waals surface area (Å²) in [5.74, 6) is -0.980. The summed E-state index contributed by atoms with van der Waals surface area (Å²) in [4.78, 5) is 15.6. The van der Waals surface area contributed by atoms with Crippen LogP contribution in [0.1, 0.15) is 10.4 Å². The maximum absolute atomic E-state index is 13.4. The minimum Gasteiger partial charge on any atom is -0.397 e. The highest BCUT2D eigenvalue weighted by Crippen LogP contribution is 2.29. The highest BCUT2D eigenvalue weighted by atomic mass is 32.2. The molecular weight excluding hydrogens is 253 g/mol. The van der Waals surface area contributed by atoms with Crippen molar-refractivity contribution in [3.8, 4) is 0 Å². The Morgan fingerprint density at radius 3 is 2.72 bits per heavy atom. The largest absolute Gasteiger partial charge is 0.397 e. The number of nitrogens with two attached hydrogens (primary N) is 2. The van der Waals surface area contributed by atoms with E-state index >= 15 is 0 Å². The summed E-state index contributed by atoms with van der Waals surface area (Å²) in [6, 6.07) is 7.76. The Labute approximate surface area is 107 Å². The number of aromatic nitrogens is 1. The number of amides is 1. The Bertz CT molecular complexity index is 604. The number of halogens is 1. The Kier molecular flexibility index (Phi) is 3.47. The fraction of sp³-hybridized carbons (Fsp3) is 0. The second-order valence-electron chi connectivity index (χ2n) is 3.51. The van der Waals surface area contributed by atoms with Crippen molar-refractivity contribution in [2.75, 3.05) is 5.73 Å². The molecule has 18 heavy (non-hydrogen) atoms. The molecule has 2 aromatic rings. The van der Waals surface area contributed by atoms with E-state index in [0.717, 1.165) is 11.8 Å². The third kappa shape index (κ3) is 2.60. The van der Waals surface area contributed by atoms with Crippen molar-refractivity contribution in [3.63, 3.8) is 0 Å². The van der Waals surface area contributed by atoms with Crippen LogP contribution in [-0.2, 0) is 0 Å². The van der Waals surface area contributed by atoms with Crippen molar-refractivity contribution < 1.29 is 9.18 Å². The number of pyridine rings is 1. The molecule has 4 nitrogen and oxygen atoms in total. The first-order valence-corrected chi connectivity index (χ1v) is 5.87. The summed E-state index contributed by atoms with van der Waals surface area (Å²) in [6.45, 7) is 0. The second kappa shape index (κ2) is 5.05. The van der Waals surface area contributed by atoms with Gasteiger partial charge in [0.25, 0.3) is 5.91 Å². The molecule has 0 saturated heterocycles. The van der Waals surface area contributed by atoms with Gasteiger partial charge in [-0.25, -0.2) is 9.37 Å². The highest BCUT2D eigenvalue weighted by Gasteiger charge is 2.10. The minimum atomic E-state index is -0.634. The first-order chi connectivity index (χ1) is 8.58. The number of carbonyl (C=O) groups excluding carboxylic acids is 1. The average molecular weight is 263 g/mol. The molecule has 0 aliphatic carbocycles. The fourth-order valence-electron chi connectivity index (χ4n) is 1.36. The fourth-order valence-corrected chi connectivity index (χ4v) is 2.18. The van der Waals surface area contributed by atoms with E-state index in [-0.39, 0.29) is 17.1 Å². The number of hydrogen-bond donors (Lipinski definition) is 2. The van der Waals surface area contributed by atoms with Gasteiger partial charge in [0.1, 0.15) is 10.8 Å². The molecule has 0 fully saturated rings. The normalized spacial score (nSPS) is 10.3. The van der Waals surface area contributed by atoms with Crippen LogP contribution in [0, 0.1) is 5.82 Å². The molecule has 0 aliphatic heterocycles. The van der Waals surface area contributed by atoms with E-state index in [1.54, 1.807) is 18.2 Å². The SMILES string of the molecule is NC(=O)c1cc(Sc2ccccc2F)ncc1N. The number of nitrogens with zero attached hydrogens (tertiary/aromatic N) is 1. The van der Waals surface area contributed by atoms with Gasteiger partial charge in [-0.05, 0) is 18.2 Å². The van der Waals surface area contributed by atoms with Gasteiger partial charge in [0, 0.05) is 4.90 Å². The molecular formula is C12H10FN3OS. The van der Waals surface area contributed by atoms with E-state index in [9.17, 15) is 9.18 Å². The van der Waals surface area contributed by atoms with Gasteiger partial charge in [0.15, 0.2) is 0 Å². The summed E-state index contributed by atoms with van der Waals surface area (Å²) < 4.78 is 13.4. The van der Waals surface area contributed by atoms with E-state index in [1.807, 2.05) is 0 Å². The minimum absolute atomic E-state index is 0.184. The van der Waals surface area contributed by atoms with E-state index < -0.39 is 5.91 Å². The molecule has 1 aromatic carbocycles. The third-order valence-corrected chi connectivity index (χ3v) is 3.21. The van der Waals surface area contributed by atoms with Crippen LogP contribution in [0.25, 0.3) is 0 Å². The van der Waals surface area contributed by atoms with Crippen molar-refractivity contribution in [2.45, 2.75) is 9.92 Å². The Hall–Kier alpha value is -2.08. The van der Waals surface area contributed by atoms with E-state index in [1.165, 1.54) is 18.3 Å². The van der Waals surface area contributed by atoms with Gasteiger partial charge >= 0.3 is 0 Å². The molecule has 0 aliphatic rings. The Morgan fingerprint density at radius 2 is 2.06 bits per heavy atom. The van der Waals surface area contributed by atoms with Crippen molar-refractivity contribution in [3.05, 3.63) is 47.9 Å². The monoisotopic (exact) mass is 263 g/mol. The highest BCUT2D eigenvalue weighted by molar-refractivity contribution is 7.99. The van der Waals surface area contributed by atoms with Gasteiger partial charge in [-0.3, -0.25) is 4.79 Å². The predicted octanol–water partition coefficient (Wildman–Crippen LogP) is 2.05. The van der Waals surface area contributed by atoms with Crippen LogP contribution in [0.5, 0.6) is 0 Å². The summed E-state index contributed by atoms with van der Waals surface area (Å²) in [5, 5.41) is 0.461. The number of anilines is 1. The molecule has 1 aromatic heterocycles. The van der Waals surface area contributed by atoms with E-state index in [0.29, 0.717) is 9.92 Å². The van der Waals surface area contributed by atoms with E-state index in [2.05, 4.69) is 4.98 Å². The number of benzene rings is 1. The van der Waals surface area contributed by atoms with E-state index in [4.69, 9.17) is 11.5 Å². The average Bonchev–Trinajstić information content (AvgIpc) is 2.34. The van der Waals surface area contributed by atoms with Crippen LogP contribution in [0.2, 0.25) is 0 Å². The first-order valence-electron chi connectivity index (χ1n) is 5.05. The van der Waals surface area contributed by atoms with Gasteiger partial charge < -0.3 is 11.5 Å². The van der Waals surface area contributed by atoms with Crippen LogP contribution >= 0.6 is 11.8 Å². The van der Waals surface area contributed by atoms with Crippen molar-refractivity contribution in [2.24, 2.45) is 5.73 Å². The third-order valence-electron chi connectivity index (χ3n) is 2.23. The summed E-state index contributed by atoms with van der Waals surface area (Å²) in [7, 11) is 0. The summed E-state index contributed by atoms with van der Waals surface area (Å²) >= 11 is 1.11. The van der Waals surface area contributed by atoms with Crippen molar-refractivity contribution >= 4 is 23.4 Å². The number of primary amides is 1. The molecule has 0 unspecified atom stereocenters. The zero-order valence-electron chi connectivity index (χ0n) is 9.26. The van der Waals surface area contributed by atoms with Crippen molar-refractivity contribution in [1.82, 2.24) is 4.98 Å². The van der Waals surface area contributed by atoms with Gasteiger partial charge in [0.2, 0.25) is 0 Å². The summed E-state index contributed by atoms with van der Waals surface area (Å²) in [6.07, 6.45) is 1.34. The maximum Gasteiger partial charge on any atom is 0.250 e. The van der Waals surface area contributed by atoms with Crippen molar-refractivity contribution in [1.29, 1.82) is 0 Å². The van der Waals surface area contributed by atoms with Crippen LogP contribution < -0.4 is 11.5 Å². The van der Waals surface area contributed by atoms with Gasteiger partial charge in [-0.2, -0.15) is 0 Å². The zero-order chi connectivity index (χ0) is 13.1. The molecule has 0 saturated carbocycles. The molecule has 6 heteroatoms. The topological polar surface area (TPSA) is 82.0 Å². The standard InChI is InChI=1S/C12H10FN3OS/c13-8-3-1-2-4-10(8)18-11-5-7(12(15)17)9(14)6-16-11/h1-6H,14H2,(H2,15,17). The first kappa shape index (κ1) is 12.4. The van der Waals surface area contributed by atoms with Crippen LogP contribution in [0.3, 0.4) is 0 Å². The van der Waals surface area contributed by atoms with Gasteiger partial charge in [-0.15, -0.1) is 0 Å². The lowest BCUT2D eigenvalue weighted by Crippen LogP contribution is -2.13. The molecule has 0 spiro atoms. The van der Waals surface area contributed by atoms with Gasteiger partial charge in [-0.1, -0.05) is 23.9 Å². The molecule has 1 heterocycles. The number of hydrogen-bond acceptors (Lipinski definition) is 4. The smallest absolute Gasteiger partial charge is 0.250 e. The van der Waals surface area contributed by atoms with Crippen LogP contribution in [0.15, 0.2) is 46.5 Å². The Balaban J connectivity index is 2.33.